The second kappa shape index (κ2) is 5.35. The normalized spacial score (nSPS) is 11.1. The largest absolute Gasteiger partial charge is 0.480 e. The number of hydrogen-bond donors (Lipinski definition) is 1. The maximum Gasteiger partial charge on any atom is 0.323 e. The van der Waals surface area contributed by atoms with Crippen LogP contribution < -0.4 is 4.90 Å². The standard InChI is InChI=1S/C13H16N2O2S/c1-9(2)7-15(8-12(16)17)13-14-10-5-3-4-6-11(10)18-13/h3-6,9H,7-8H2,1-2H3,(H,16,17). The smallest absolute Gasteiger partial charge is 0.323 e. The molecule has 1 aromatic carbocycles. The number of fused-ring (bicyclic) bond motifs is 1. The fraction of sp³-hybridized carbons (Fsp3) is 0.385. The topological polar surface area (TPSA) is 53.4 Å². The van der Waals surface area contributed by atoms with Gasteiger partial charge in [0.25, 0.3) is 0 Å². The highest BCUT2D eigenvalue weighted by molar-refractivity contribution is 7.22. The molecular formula is C13H16N2O2S. The van der Waals surface area contributed by atoms with Gasteiger partial charge in [0.1, 0.15) is 6.54 Å². The highest BCUT2D eigenvalue weighted by Gasteiger charge is 2.16. The number of carbonyl (C=O) groups is 1. The Morgan fingerprint density at radius 1 is 1.44 bits per heavy atom. The van der Waals surface area contributed by atoms with E-state index in [9.17, 15) is 4.79 Å². The summed E-state index contributed by atoms with van der Waals surface area (Å²) in [5.41, 5.74) is 0.927. The zero-order chi connectivity index (χ0) is 13.1. The first-order valence-electron chi connectivity index (χ1n) is 5.88. The lowest BCUT2D eigenvalue weighted by Crippen LogP contribution is -2.32. The first-order valence-corrected chi connectivity index (χ1v) is 6.70. The molecule has 5 heteroatoms. The van der Waals surface area contributed by atoms with Crippen LogP contribution in [0.4, 0.5) is 5.13 Å². The zero-order valence-electron chi connectivity index (χ0n) is 10.5. The molecule has 1 N–H and O–H groups in total. The molecule has 0 spiro atoms. The SMILES string of the molecule is CC(C)CN(CC(=O)O)c1nc2ccccc2s1. The minimum absolute atomic E-state index is 0.00198. The monoisotopic (exact) mass is 264 g/mol. The molecule has 2 aromatic rings. The fourth-order valence-electron chi connectivity index (χ4n) is 1.81. The summed E-state index contributed by atoms with van der Waals surface area (Å²) < 4.78 is 1.09. The molecule has 0 saturated heterocycles. The maximum atomic E-state index is 10.9. The van der Waals surface area contributed by atoms with Gasteiger partial charge in [0.15, 0.2) is 5.13 Å². The Bertz CT molecular complexity index is 518. The quantitative estimate of drug-likeness (QED) is 0.902. The van der Waals surface area contributed by atoms with Crippen molar-refractivity contribution in [1.82, 2.24) is 4.98 Å². The molecule has 0 fully saturated rings. The number of anilines is 1. The Hall–Kier alpha value is -1.62. The number of aliphatic carboxylic acids is 1. The zero-order valence-corrected chi connectivity index (χ0v) is 11.3. The molecule has 18 heavy (non-hydrogen) atoms. The van der Waals surface area contributed by atoms with Crippen LogP contribution in [0.1, 0.15) is 13.8 Å². The summed E-state index contributed by atoms with van der Waals surface area (Å²) in [4.78, 5) is 17.2. The molecule has 0 unspecified atom stereocenters. The van der Waals surface area contributed by atoms with Crippen LogP contribution in [-0.2, 0) is 4.79 Å². The number of para-hydroxylation sites is 1. The lowest BCUT2D eigenvalue weighted by Gasteiger charge is -2.21. The van der Waals surface area contributed by atoms with E-state index in [1.165, 1.54) is 0 Å². The van der Waals surface area contributed by atoms with Crippen molar-refractivity contribution in [3.63, 3.8) is 0 Å². The first kappa shape index (κ1) is 12.8. The number of rotatable bonds is 5. The van der Waals surface area contributed by atoms with Crippen LogP contribution >= 0.6 is 11.3 Å². The van der Waals surface area contributed by atoms with Crippen molar-refractivity contribution in [2.75, 3.05) is 18.0 Å². The second-order valence-corrected chi connectivity index (χ2v) is 5.64. The maximum absolute atomic E-state index is 10.9. The van der Waals surface area contributed by atoms with Crippen molar-refractivity contribution in [3.8, 4) is 0 Å². The number of thiazole rings is 1. The summed E-state index contributed by atoms with van der Waals surface area (Å²) in [5, 5.41) is 9.75. The number of nitrogens with zero attached hydrogens (tertiary/aromatic N) is 2. The highest BCUT2D eigenvalue weighted by atomic mass is 32.1. The number of carboxylic acids is 1. The van der Waals surface area contributed by atoms with Crippen molar-refractivity contribution >= 4 is 32.7 Å². The van der Waals surface area contributed by atoms with E-state index in [4.69, 9.17) is 5.11 Å². The minimum atomic E-state index is -0.824. The molecule has 2 rings (SSSR count). The molecule has 1 heterocycles. The molecule has 0 bridgehead atoms. The average molecular weight is 264 g/mol. The van der Waals surface area contributed by atoms with Crippen LogP contribution in [-0.4, -0.2) is 29.1 Å². The molecule has 0 atom stereocenters. The van der Waals surface area contributed by atoms with Crippen LogP contribution in [0.15, 0.2) is 24.3 Å². The molecule has 0 aliphatic heterocycles. The van der Waals surface area contributed by atoms with E-state index in [0.717, 1.165) is 15.3 Å². The van der Waals surface area contributed by atoms with Gasteiger partial charge in [0, 0.05) is 6.54 Å². The summed E-state index contributed by atoms with van der Waals surface area (Å²) in [6.07, 6.45) is 0. The molecule has 0 aliphatic carbocycles. The molecule has 0 amide bonds. The Kier molecular flexibility index (Phi) is 3.81. The van der Waals surface area contributed by atoms with Crippen LogP contribution in [0, 0.1) is 5.92 Å². The van der Waals surface area contributed by atoms with E-state index >= 15 is 0 Å². The Balaban J connectivity index is 2.31. The molecule has 0 radical (unpaired) electrons. The van der Waals surface area contributed by atoms with E-state index in [-0.39, 0.29) is 6.54 Å². The van der Waals surface area contributed by atoms with Gasteiger partial charge in [0.2, 0.25) is 0 Å². The van der Waals surface area contributed by atoms with E-state index in [2.05, 4.69) is 18.8 Å². The molecule has 1 aromatic heterocycles. The lowest BCUT2D eigenvalue weighted by atomic mass is 10.2. The van der Waals surface area contributed by atoms with Crippen LogP contribution in [0.2, 0.25) is 0 Å². The van der Waals surface area contributed by atoms with Gasteiger partial charge in [-0.15, -0.1) is 0 Å². The van der Waals surface area contributed by atoms with Gasteiger partial charge >= 0.3 is 5.97 Å². The Morgan fingerprint density at radius 2 is 2.17 bits per heavy atom. The Labute approximate surface area is 110 Å². The van der Waals surface area contributed by atoms with E-state index in [0.29, 0.717) is 12.5 Å². The van der Waals surface area contributed by atoms with Crippen molar-refractivity contribution in [1.29, 1.82) is 0 Å². The number of carboxylic acid groups (broad SMARTS) is 1. The summed E-state index contributed by atoms with van der Waals surface area (Å²) >= 11 is 1.54. The number of hydrogen-bond acceptors (Lipinski definition) is 4. The van der Waals surface area contributed by atoms with Crippen molar-refractivity contribution in [2.45, 2.75) is 13.8 Å². The van der Waals surface area contributed by atoms with Crippen molar-refractivity contribution in [3.05, 3.63) is 24.3 Å². The third-order valence-electron chi connectivity index (χ3n) is 2.46. The summed E-state index contributed by atoms with van der Waals surface area (Å²) in [7, 11) is 0. The summed E-state index contributed by atoms with van der Waals surface area (Å²) in [5.74, 6) is -0.425. The van der Waals surface area contributed by atoms with Crippen LogP contribution in [0.5, 0.6) is 0 Å². The number of aromatic nitrogens is 1. The third kappa shape index (κ3) is 2.98. The fourth-order valence-corrected chi connectivity index (χ4v) is 2.78. The van der Waals surface area contributed by atoms with Gasteiger partial charge in [-0.05, 0) is 18.1 Å². The van der Waals surface area contributed by atoms with E-state index in [1.54, 1.807) is 11.3 Å². The highest BCUT2D eigenvalue weighted by Crippen LogP contribution is 2.28. The molecule has 0 saturated carbocycles. The number of benzene rings is 1. The second-order valence-electron chi connectivity index (χ2n) is 4.63. The third-order valence-corrected chi connectivity index (χ3v) is 3.56. The predicted octanol–water partition coefficient (Wildman–Crippen LogP) is 2.84. The lowest BCUT2D eigenvalue weighted by molar-refractivity contribution is -0.135. The van der Waals surface area contributed by atoms with Crippen molar-refractivity contribution in [2.24, 2.45) is 5.92 Å². The van der Waals surface area contributed by atoms with E-state index in [1.807, 2.05) is 29.2 Å². The van der Waals surface area contributed by atoms with Gasteiger partial charge in [-0.3, -0.25) is 4.79 Å². The van der Waals surface area contributed by atoms with Crippen LogP contribution in [0.3, 0.4) is 0 Å². The molecule has 96 valence electrons. The van der Waals surface area contributed by atoms with Gasteiger partial charge in [-0.2, -0.15) is 0 Å². The predicted molar refractivity (Wildman–Crippen MR) is 74.3 cm³/mol. The molecule has 4 nitrogen and oxygen atoms in total. The first-order chi connectivity index (χ1) is 8.56. The van der Waals surface area contributed by atoms with Gasteiger partial charge in [-0.25, -0.2) is 4.98 Å². The van der Waals surface area contributed by atoms with E-state index < -0.39 is 5.97 Å². The minimum Gasteiger partial charge on any atom is -0.480 e. The summed E-state index contributed by atoms with van der Waals surface area (Å²) in [6.45, 7) is 4.84. The summed E-state index contributed by atoms with van der Waals surface area (Å²) in [6, 6.07) is 7.86. The average Bonchev–Trinajstić information content (AvgIpc) is 2.70. The Morgan fingerprint density at radius 3 is 2.78 bits per heavy atom. The van der Waals surface area contributed by atoms with Crippen LogP contribution in [0.25, 0.3) is 10.2 Å². The molecular weight excluding hydrogens is 248 g/mol. The van der Waals surface area contributed by atoms with Gasteiger partial charge < -0.3 is 10.0 Å². The van der Waals surface area contributed by atoms with Crippen molar-refractivity contribution < 1.29 is 9.90 Å². The van der Waals surface area contributed by atoms with Gasteiger partial charge in [-0.1, -0.05) is 37.3 Å². The van der Waals surface area contributed by atoms with Gasteiger partial charge in [0.05, 0.1) is 10.2 Å². The molecule has 0 aliphatic rings.